The van der Waals surface area contributed by atoms with E-state index in [1.165, 1.54) is 18.4 Å². The molecule has 116 valence electrons. The van der Waals surface area contributed by atoms with E-state index < -0.39 is 0 Å². The number of para-hydroxylation sites is 1. The van der Waals surface area contributed by atoms with Crippen molar-refractivity contribution >= 4 is 44.5 Å². The number of rotatable bonds is 6. The van der Waals surface area contributed by atoms with Gasteiger partial charge in [-0.05, 0) is 64.9 Å². The quantitative estimate of drug-likeness (QED) is 0.596. The number of aromatic amines is 1. The zero-order valence-corrected chi connectivity index (χ0v) is 14.3. The average Bonchev–Trinajstić information content (AvgIpc) is 2.93. The van der Waals surface area contributed by atoms with Crippen molar-refractivity contribution in [2.45, 2.75) is 6.92 Å². The summed E-state index contributed by atoms with van der Waals surface area (Å²) in [7, 11) is 0. The molecule has 0 fully saturated rings. The van der Waals surface area contributed by atoms with Gasteiger partial charge >= 0.3 is 0 Å². The van der Waals surface area contributed by atoms with Crippen LogP contribution in [0.15, 0.2) is 70.8 Å². The summed E-state index contributed by atoms with van der Waals surface area (Å²) >= 11 is 3.45. The number of aliphatic imine (C=N–C) groups is 1. The van der Waals surface area contributed by atoms with Gasteiger partial charge in [-0.1, -0.05) is 19.2 Å². The van der Waals surface area contributed by atoms with Crippen LogP contribution in [-0.4, -0.2) is 21.5 Å². The van der Waals surface area contributed by atoms with Gasteiger partial charge in [0.15, 0.2) is 5.78 Å². The van der Waals surface area contributed by atoms with Crippen LogP contribution in [0.4, 0.5) is 0 Å². The maximum atomic E-state index is 11.9. The van der Waals surface area contributed by atoms with Crippen molar-refractivity contribution in [2.75, 3.05) is 0 Å². The van der Waals surface area contributed by atoms with Crippen LogP contribution in [0.1, 0.15) is 12.7 Å². The molecule has 0 saturated heterocycles. The number of H-pyrrole nitrogens is 1. The number of allylic oxidation sites excluding steroid dienone is 4. The molecule has 0 radical (unpaired) electrons. The maximum absolute atomic E-state index is 11.9. The van der Waals surface area contributed by atoms with Crippen LogP contribution in [0, 0.1) is 0 Å². The number of fused-ring (bicyclic) bond motifs is 1. The Bertz CT molecular complexity index is 856. The number of carbonyl (C=O) groups excluding carboxylic acids is 1. The van der Waals surface area contributed by atoms with E-state index in [2.05, 4.69) is 44.0 Å². The molecule has 1 N–H and O–H groups in total. The molecular formula is C18H16BrN3O. The minimum Gasteiger partial charge on any atom is -0.338 e. The number of imidazole rings is 1. The van der Waals surface area contributed by atoms with Crippen LogP contribution in [0.3, 0.4) is 0 Å². The van der Waals surface area contributed by atoms with E-state index in [0.717, 1.165) is 21.1 Å². The second-order valence-electron chi connectivity index (χ2n) is 4.80. The fourth-order valence-electron chi connectivity index (χ4n) is 1.87. The monoisotopic (exact) mass is 369 g/mol. The number of carbonyl (C=O) groups is 1. The lowest BCUT2D eigenvalue weighted by Gasteiger charge is -1.95. The Kier molecular flexibility index (Phi) is 5.60. The van der Waals surface area contributed by atoms with Gasteiger partial charge in [0.05, 0.1) is 11.2 Å². The number of ketones is 1. The molecule has 0 saturated carbocycles. The van der Waals surface area contributed by atoms with Crippen molar-refractivity contribution in [3.8, 4) is 0 Å². The van der Waals surface area contributed by atoms with E-state index in [4.69, 9.17) is 0 Å². The standard InChI is InChI=1S/C18H16BrN3O/c1-4-20-15(12(2)3)10-8-13(23)9-11-17-21-16-7-5-6-14(19)18(16)22-17/h4-11H,1-2H2,3H3,(H,21,22)/b10-8+,11-9+,20-15?. The zero-order valence-electron chi connectivity index (χ0n) is 12.7. The SMILES string of the molecule is C=CN=C(/C=C/C(=O)/C=C/c1nc2c(Br)cccc2[nH]1)C(=C)C. The van der Waals surface area contributed by atoms with Crippen LogP contribution < -0.4 is 0 Å². The van der Waals surface area contributed by atoms with Gasteiger partial charge in [-0.15, -0.1) is 0 Å². The molecule has 1 aromatic heterocycles. The third-order valence-corrected chi connectivity index (χ3v) is 3.60. The topological polar surface area (TPSA) is 58.1 Å². The Hall–Kier alpha value is -2.53. The molecule has 0 aliphatic carbocycles. The molecule has 2 rings (SSSR count). The van der Waals surface area contributed by atoms with Crippen LogP contribution in [0.5, 0.6) is 0 Å². The second-order valence-corrected chi connectivity index (χ2v) is 5.66. The smallest absolute Gasteiger partial charge is 0.178 e. The van der Waals surface area contributed by atoms with E-state index in [0.29, 0.717) is 11.5 Å². The molecule has 1 aromatic carbocycles. The predicted octanol–water partition coefficient (Wildman–Crippen LogP) is 4.62. The molecule has 0 unspecified atom stereocenters. The minimum absolute atomic E-state index is 0.164. The van der Waals surface area contributed by atoms with Crippen molar-refractivity contribution in [3.63, 3.8) is 0 Å². The van der Waals surface area contributed by atoms with Crippen LogP contribution in [-0.2, 0) is 4.79 Å². The van der Waals surface area contributed by atoms with Crippen molar-refractivity contribution < 1.29 is 4.79 Å². The molecule has 2 aromatic rings. The minimum atomic E-state index is -0.164. The van der Waals surface area contributed by atoms with Gasteiger partial charge in [-0.25, -0.2) is 4.98 Å². The summed E-state index contributed by atoms with van der Waals surface area (Å²) in [6.45, 7) is 9.15. The molecule has 23 heavy (non-hydrogen) atoms. The van der Waals surface area contributed by atoms with Gasteiger partial charge in [0.2, 0.25) is 0 Å². The molecule has 0 spiro atoms. The largest absolute Gasteiger partial charge is 0.338 e. The first-order valence-electron chi connectivity index (χ1n) is 6.90. The third kappa shape index (κ3) is 4.47. The summed E-state index contributed by atoms with van der Waals surface area (Å²) in [5.74, 6) is 0.455. The average molecular weight is 370 g/mol. The van der Waals surface area contributed by atoms with Gasteiger partial charge < -0.3 is 4.98 Å². The molecule has 0 bridgehead atoms. The Morgan fingerprint density at radius 3 is 2.78 bits per heavy atom. The molecule has 0 aliphatic heterocycles. The first-order valence-corrected chi connectivity index (χ1v) is 7.69. The predicted molar refractivity (Wildman–Crippen MR) is 99.4 cm³/mol. The molecule has 1 heterocycles. The lowest BCUT2D eigenvalue weighted by atomic mass is 10.2. The fraction of sp³-hybridized carbons (Fsp3) is 0.0556. The van der Waals surface area contributed by atoms with Crippen LogP contribution in [0.2, 0.25) is 0 Å². The van der Waals surface area contributed by atoms with E-state index in [1.807, 2.05) is 25.1 Å². The summed E-state index contributed by atoms with van der Waals surface area (Å²) in [4.78, 5) is 23.5. The Morgan fingerprint density at radius 2 is 2.13 bits per heavy atom. The first kappa shape index (κ1) is 16.8. The first-order chi connectivity index (χ1) is 11.0. The molecule has 0 amide bonds. The van der Waals surface area contributed by atoms with Crippen molar-refractivity contribution in [3.05, 3.63) is 71.7 Å². The highest BCUT2D eigenvalue weighted by Gasteiger charge is 2.03. The number of benzene rings is 1. The number of hydrogen-bond acceptors (Lipinski definition) is 3. The highest BCUT2D eigenvalue weighted by molar-refractivity contribution is 9.10. The summed E-state index contributed by atoms with van der Waals surface area (Å²) in [5, 5.41) is 0. The third-order valence-electron chi connectivity index (χ3n) is 2.96. The number of nitrogens with one attached hydrogen (secondary N) is 1. The Morgan fingerprint density at radius 1 is 1.35 bits per heavy atom. The number of hydrogen-bond donors (Lipinski definition) is 1. The Labute approximate surface area is 143 Å². The van der Waals surface area contributed by atoms with E-state index in [1.54, 1.807) is 12.2 Å². The summed E-state index contributed by atoms with van der Waals surface area (Å²) < 4.78 is 0.906. The van der Waals surface area contributed by atoms with Gasteiger partial charge in [0.1, 0.15) is 11.3 Å². The number of halogens is 1. The van der Waals surface area contributed by atoms with E-state index >= 15 is 0 Å². The zero-order chi connectivity index (χ0) is 16.8. The van der Waals surface area contributed by atoms with Gasteiger partial charge in [0.25, 0.3) is 0 Å². The van der Waals surface area contributed by atoms with Gasteiger partial charge in [0, 0.05) is 10.7 Å². The normalized spacial score (nSPS) is 12.3. The summed E-state index contributed by atoms with van der Waals surface area (Å²) in [5.41, 5.74) is 3.12. The molecule has 5 heteroatoms. The van der Waals surface area contributed by atoms with Gasteiger partial charge in [-0.2, -0.15) is 0 Å². The summed E-state index contributed by atoms with van der Waals surface area (Å²) in [6, 6.07) is 5.77. The number of nitrogens with zero attached hydrogens (tertiary/aromatic N) is 2. The Balaban J connectivity index is 2.13. The second kappa shape index (κ2) is 7.65. The highest BCUT2D eigenvalue weighted by atomic mass is 79.9. The van der Waals surface area contributed by atoms with Crippen molar-refractivity contribution in [2.24, 2.45) is 4.99 Å². The van der Waals surface area contributed by atoms with Crippen LogP contribution >= 0.6 is 15.9 Å². The van der Waals surface area contributed by atoms with Crippen molar-refractivity contribution in [1.82, 2.24) is 9.97 Å². The lowest BCUT2D eigenvalue weighted by molar-refractivity contribution is -0.110. The maximum Gasteiger partial charge on any atom is 0.178 e. The molecule has 4 nitrogen and oxygen atoms in total. The van der Waals surface area contributed by atoms with Crippen LogP contribution in [0.25, 0.3) is 17.1 Å². The molecule has 0 aliphatic rings. The van der Waals surface area contributed by atoms with Gasteiger partial charge in [-0.3, -0.25) is 9.79 Å². The molecular weight excluding hydrogens is 354 g/mol. The summed E-state index contributed by atoms with van der Waals surface area (Å²) in [6.07, 6.45) is 7.56. The molecule has 0 atom stereocenters. The lowest BCUT2D eigenvalue weighted by Crippen LogP contribution is -1.95. The van der Waals surface area contributed by atoms with E-state index in [-0.39, 0.29) is 5.78 Å². The van der Waals surface area contributed by atoms with E-state index in [9.17, 15) is 4.79 Å². The van der Waals surface area contributed by atoms with Crippen molar-refractivity contribution in [1.29, 1.82) is 0 Å². The fourth-order valence-corrected chi connectivity index (χ4v) is 2.32. The highest BCUT2D eigenvalue weighted by Crippen LogP contribution is 2.21. The number of aromatic nitrogens is 2.